The average molecular weight is 364 g/mol. The van der Waals surface area contributed by atoms with Gasteiger partial charge in [0.2, 0.25) is 0 Å². The predicted molar refractivity (Wildman–Crippen MR) is 101 cm³/mol. The molecule has 138 valence electrons. The highest BCUT2D eigenvalue weighted by Crippen LogP contribution is 2.40. The van der Waals surface area contributed by atoms with Crippen molar-refractivity contribution in [3.63, 3.8) is 0 Å². The summed E-state index contributed by atoms with van der Waals surface area (Å²) < 4.78 is 14.2. The maximum absolute atomic E-state index is 14.2. The zero-order valence-electron chi connectivity index (χ0n) is 15.2. The van der Waals surface area contributed by atoms with E-state index in [2.05, 4.69) is 0 Å². The van der Waals surface area contributed by atoms with E-state index in [9.17, 15) is 14.0 Å². The van der Waals surface area contributed by atoms with Crippen molar-refractivity contribution in [2.75, 3.05) is 0 Å². The number of rotatable bonds is 2. The molecule has 0 bridgehead atoms. The molecule has 4 rings (SSSR count). The Morgan fingerprint density at radius 2 is 1.70 bits per heavy atom. The number of halogens is 1. The Bertz CT molecular complexity index is 928. The zero-order chi connectivity index (χ0) is 19.0. The highest BCUT2D eigenvalue weighted by Gasteiger charge is 2.51. The minimum absolute atomic E-state index is 0.0869. The standard InChI is InChI=1S/C22H21FN2O2/c1-15-9-11-16(12-10-15)19-21(27)25(22(24-19)13-5-2-6-14-22)20(26)17-7-3-4-8-18(17)23/h3-4,7-12H,2,5-6,13-14H2,1H3. The van der Waals surface area contributed by atoms with E-state index >= 15 is 0 Å². The third kappa shape index (κ3) is 2.97. The van der Waals surface area contributed by atoms with Crippen LogP contribution in [0.4, 0.5) is 4.39 Å². The van der Waals surface area contributed by atoms with Gasteiger partial charge in [-0.1, -0.05) is 48.4 Å². The molecule has 2 amide bonds. The average Bonchev–Trinajstić information content (AvgIpc) is 2.94. The normalized spacial score (nSPS) is 18.7. The van der Waals surface area contributed by atoms with E-state index in [-0.39, 0.29) is 5.56 Å². The van der Waals surface area contributed by atoms with E-state index in [4.69, 9.17) is 4.99 Å². The van der Waals surface area contributed by atoms with Gasteiger partial charge >= 0.3 is 0 Å². The van der Waals surface area contributed by atoms with Crippen LogP contribution >= 0.6 is 0 Å². The molecule has 0 atom stereocenters. The first-order chi connectivity index (χ1) is 13.0. The Morgan fingerprint density at radius 3 is 2.37 bits per heavy atom. The first-order valence-corrected chi connectivity index (χ1v) is 9.32. The highest BCUT2D eigenvalue weighted by molar-refractivity contribution is 6.49. The molecule has 0 N–H and O–H groups in total. The molecule has 2 aliphatic rings. The number of carbonyl (C=O) groups excluding carboxylic acids is 2. The molecule has 2 aromatic carbocycles. The molecule has 2 aromatic rings. The van der Waals surface area contributed by atoms with Crippen molar-refractivity contribution in [3.05, 3.63) is 71.0 Å². The molecule has 0 saturated heterocycles. The number of aliphatic imine (C=N–C) groups is 1. The molecule has 1 heterocycles. The van der Waals surface area contributed by atoms with Crippen LogP contribution in [0, 0.1) is 12.7 Å². The van der Waals surface area contributed by atoms with E-state index in [0.717, 1.165) is 24.8 Å². The Kier molecular flexibility index (Phi) is 4.38. The second-order valence-electron chi connectivity index (χ2n) is 7.30. The van der Waals surface area contributed by atoms with Gasteiger partial charge in [-0.2, -0.15) is 0 Å². The van der Waals surface area contributed by atoms with Gasteiger partial charge in [-0.3, -0.25) is 14.6 Å². The minimum Gasteiger partial charge on any atom is -0.268 e. The van der Waals surface area contributed by atoms with Crippen molar-refractivity contribution in [1.82, 2.24) is 4.90 Å². The van der Waals surface area contributed by atoms with Gasteiger partial charge in [0.25, 0.3) is 11.8 Å². The summed E-state index contributed by atoms with van der Waals surface area (Å²) in [6, 6.07) is 13.3. The van der Waals surface area contributed by atoms with Crippen molar-refractivity contribution in [2.45, 2.75) is 44.7 Å². The largest absolute Gasteiger partial charge is 0.281 e. The second kappa shape index (κ2) is 6.72. The van der Waals surface area contributed by atoms with Crippen LogP contribution in [0.2, 0.25) is 0 Å². The number of imide groups is 1. The van der Waals surface area contributed by atoms with Crippen molar-refractivity contribution in [2.24, 2.45) is 4.99 Å². The lowest BCUT2D eigenvalue weighted by Gasteiger charge is -2.37. The Labute approximate surface area is 157 Å². The summed E-state index contributed by atoms with van der Waals surface area (Å²) in [5.41, 5.74) is 1.09. The summed E-state index contributed by atoms with van der Waals surface area (Å²) in [4.78, 5) is 32.4. The fourth-order valence-corrected chi connectivity index (χ4v) is 3.99. The van der Waals surface area contributed by atoms with E-state index in [0.29, 0.717) is 24.1 Å². The molecule has 5 heteroatoms. The lowest BCUT2D eigenvalue weighted by molar-refractivity contribution is -0.125. The predicted octanol–water partition coefficient (Wildman–Crippen LogP) is 4.27. The van der Waals surface area contributed by atoms with Crippen LogP contribution in [0.3, 0.4) is 0 Å². The second-order valence-corrected chi connectivity index (χ2v) is 7.30. The van der Waals surface area contributed by atoms with Crippen LogP contribution < -0.4 is 0 Å². The van der Waals surface area contributed by atoms with Gasteiger partial charge in [0.05, 0.1) is 5.56 Å². The van der Waals surface area contributed by atoms with Crippen molar-refractivity contribution >= 4 is 17.5 Å². The molecule has 0 unspecified atom stereocenters. The van der Waals surface area contributed by atoms with Crippen LogP contribution in [0.5, 0.6) is 0 Å². The van der Waals surface area contributed by atoms with Gasteiger partial charge in [0, 0.05) is 5.56 Å². The Balaban J connectivity index is 1.79. The van der Waals surface area contributed by atoms with Crippen LogP contribution in [-0.2, 0) is 4.79 Å². The zero-order valence-corrected chi connectivity index (χ0v) is 15.2. The Hall–Kier alpha value is -2.82. The summed E-state index contributed by atoms with van der Waals surface area (Å²) in [5.74, 6) is -1.66. The molecular formula is C22H21FN2O2. The smallest absolute Gasteiger partial charge is 0.268 e. The molecule has 27 heavy (non-hydrogen) atoms. The van der Waals surface area contributed by atoms with Crippen LogP contribution in [0.1, 0.15) is 53.6 Å². The molecule has 1 fully saturated rings. The van der Waals surface area contributed by atoms with E-state index in [1.54, 1.807) is 6.07 Å². The fourth-order valence-electron chi connectivity index (χ4n) is 3.99. The molecular weight excluding hydrogens is 343 g/mol. The van der Waals surface area contributed by atoms with Gasteiger partial charge in [-0.15, -0.1) is 0 Å². The van der Waals surface area contributed by atoms with Crippen molar-refractivity contribution in [3.8, 4) is 0 Å². The Morgan fingerprint density at radius 1 is 1.04 bits per heavy atom. The van der Waals surface area contributed by atoms with Crippen LogP contribution in [0.25, 0.3) is 0 Å². The van der Waals surface area contributed by atoms with Gasteiger partial charge in [0.1, 0.15) is 17.2 Å². The van der Waals surface area contributed by atoms with Gasteiger partial charge < -0.3 is 0 Å². The number of nitrogens with zero attached hydrogens (tertiary/aromatic N) is 2. The van der Waals surface area contributed by atoms with E-state index in [1.807, 2.05) is 31.2 Å². The topological polar surface area (TPSA) is 49.7 Å². The monoisotopic (exact) mass is 364 g/mol. The summed E-state index contributed by atoms with van der Waals surface area (Å²) >= 11 is 0. The van der Waals surface area contributed by atoms with Crippen LogP contribution in [-0.4, -0.2) is 28.1 Å². The SMILES string of the molecule is Cc1ccc(C2=NC3(CCCCC3)N(C(=O)c3ccccc3F)C2=O)cc1. The van der Waals surface area contributed by atoms with E-state index < -0.39 is 23.3 Å². The molecule has 1 spiro atoms. The van der Waals surface area contributed by atoms with Crippen LogP contribution in [0.15, 0.2) is 53.5 Å². The third-order valence-corrected chi connectivity index (χ3v) is 5.43. The number of hydrogen-bond donors (Lipinski definition) is 0. The molecule has 1 aliphatic heterocycles. The number of carbonyl (C=O) groups is 2. The van der Waals surface area contributed by atoms with Crippen molar-refractivity contribution in [1.29, 1.82) is 0 Å². The van der Waals surface area contributed by atoms with E-state index in [1.165, 1.54) is 23.1 Å². The number of benzene rings is 2. The fraction of sp³-hybridized carbons (Fsp3) is 0.318. The third-order valence-electron chi connectivity index (χ3n) is 5.43. The summed E-state index contributed by atoms with van der Waals surface area (Å²) in [7, 11) is 0. The maximum atomic E-state index is 14.2. The van der Waals surface area contributed by atoms with Crippen molar-refractivity contribution < 1.29 is 14.0 Å². The lowest BCUT2D eigenvalue weighted by atomic mass is 9.88. The molecule has 1 aliphatic carbocycles. The molecule has 4 nitrogen and oxygen atoms in total. The quantitative estimate of drug-likeness (QED) is 0.748. The maximum Gasteiger partial charge on any atom is 0.281 e. The van der Waals surface area contributed by atoms with Gasteiger partial charge in [-0.25, -0.2) is 9.29 Å². The lowest BCUT2D eigenvalue weighted by Crippen LogP contribution is -2.51. The first-order valence-electron chi connectivity index (χ1n) is 9.32. The van der Waals surface area contributed by atoms with Gasteiger partial charge in [0.15, 0.2) is 0 Å². The van der Waals surface area contributed by atoms with Gasteiger partial charge in [-0.05, 0) is 44.7 Å². The summed E-state index contributed by atoms with van der Waals surface area (Å²) in [6.07, 6.45) is 4.06. The summed E-state index contributed by atoms with van der Waals surface area (Å²) in [5, 5.41) is 0. The molecule has 0 radical (unpaired) electrons. The molecule has 0 aromatic heterocycles. The number of hydrogen-bond acceptors (Lipinski definition) is 3. The summed E-state index contributed by atoms with van der Waals surface area (Å²) in [6.45, 7) is 1.97. The number of amides is 2. The number of aryl methyl sites for hydroxylation is 1. The molecule has 1 saturated carbocycles. The first kappa shape index (κ1) is 17.6. The minimum atomic E-state index is -0.894. The highest BCUT2D eigenvalue weighted by atomic mass is 19.1.